The van der Waals surface area contributed by atoms with E-state index in [-0.39, 0.29) is 0 Å². The molecule has 0 spiro atoms. The van der Waals surface area contributed by atoms with Crippen LogP contribution >= 0.6 is 0 Å². The van der Waals surface area contributed by atoms with Gasteiger partial charge in [0.2, 0.25) is 0 Å². The van der Waals surface area contributed by atoms with Crippen LogP contribution in [0.2, 0.25) is 0 Å². The molecule has 0 aromatic carbocycles. The molecule has 0 aliphatic carbocycles. The lowest BCUT2D eigenvalue weighted by atomic mass is 10.0. The van der Waals surface area contributed by atoms with E-state index >= 15 is 0 Å². The number of hydrogen-bond donors (Lipinski definition) is 0. The van der Waals surface area contributed by atoms with Gasteiger partial charge in [0.25, 0.3) is 0 Å². The van der Waals surface area contributed by atoms with Crippen LogP contribution in [0.5, 0.6) is 0 Å². The van der Waals surface area contributed by atoms with Crippen LogP contribution < -0.4 is 0 Å². The molecular weight excluding hydrogens is 108 g/mol. The third-order valence-corrected chi connectivity index (χ3v) is 1.51. The predicted octanol–water partition coefficient (Wildman–Crippen LogP) is 2.65. The summed E-state index contributed by atoms with van der Waals surface area (Å²) in [5.74, 6) is 3.23. The molecule has 51 valence electrons. The fraction of sp³-hybridized carbons (Fsp3) is 0.667. The molecule has 0 aliphatic heterocycles. The van der Waals surface area contributed by atoms with Gasteiger partial charge >= 0.3 is 0 Å². The van der Waals surface area contributed by atoms with Crippen molar-refractivity contribution in [1.29, 1.82) is 0 Å². The zero-order chi connectivity index (χ0) is 7.11. The second-order valence-corrected chi connectivity index (χ2v) is 2.37. The molecular formula is C9H15. The molecule has 0 fully saturated rings. The highest BCUT2D eigenvalue weighted by molar-refractivity contribution is 4.83. The lowest BCUT2D eigenvalue weighted by Gasteiger charge is -2.04. The molecule has 0 heterocycles. The van der Waals surface area contributed by atoms with Crippen molar-refractivity contribution in [3.05, 3.63) is 6.92 Å². The molecule has 1 atom stereocenters. The fourth-order valence-corrected chi connectivity index (χ4v) is 0.697. The molecule has 0 amide bonds. The summed E-state index contributed by atoms with van der Waals surface area (Å²) < 4.78 is 0. The molecule has 0 saturated heterocycles. The lowest BCUT2D eigenvalue weighted by Crippen LogP contribution is -1.90. The largest absolute Gasteiger partial charge is 0.120 e. The van der Waals surface area contributed by atoms with Crippen LogP contribution in [0, 0.1) is 25.2 Å². The van der Waals surface area contributed by atoms with Crippen LogP contribution in [-0.4, -0.2) is 0 Å². The van der Waals surface area contributed by atoms with Crippen LogP contribution in [-0.2, 0) is 0 Å². The van der Waals surface area contributed by atoms with E-state index in [1.54, 1.807) is 0 Å². The highest BCUT2D eigenvalue weighted by Gasteiger charge is 1.95. The summed E-state index contributed by atoms with van der Waals surface area (Å²) in [6.07, 6.45) is 9.48. The number of terminal acetylenes is 1. The Morgan fingerprint density at radius 1 is 1.67 bits per heavy atom. The summed E-state index contributed by atoms with van der Waals surface area (Å²) >= 11 is 0. The van der Waals surface area contributed by atoms with Crippen LogP contribution in [0.4, 0.5) is 0 Å². The molecule has 0 saturated carbocycles. The molecule has 0 bridgehead atoms. The standard InChI is InChI=1S/C9H15/c1-4-6-7-8-9(3)5-2/h1,9H,3,5-8H2,2H3. The molecule has 0 aliphatic rings. The smallest absolute Gasteiger partial charge is 0.00861 e. The van der Waals surface area contributed by atoms with Crippen LogP contribution in [0.3, 0.4) is 0 Å². The topological polar surface area (TPSA) is 0 Å². The summed E-state index contributed by atoms with van der Waals surface area (Å²) in [7, 11) is 0. The Hall–Kier alpha value is -0.440. The maximum atomic E-state index is 5.09. The van der Waals surface area contributed by atoms with E-state index in [4.69, 9.17) is 6.42 Å². The van der Waals surface area contributed by atoms with Crippen molar-refractivity contribution < 1.29 is 0 Å². The highest BCUT2D eigenvalue weighted by atomic mass is 14.0. The van der Waals surface area contributed by atoms with Gasteiger partial charge in [0.05, 0.1) is 0 Å². The summed E-state index contributed by atoms with van der Waals surface area (Å²) in [4.78, 5) is 0. The van der Waals surface area contributed by atoms with E-state index in [1.807, 2.05) is 0 Å². The Bertz CT molecular complexity index is 86.7. The fourth-order valence-electron chi connectivity index (χ4n) is 0.697. The van der Waals surface area contributed by atoms with Crippen molar-refractivity contribution in [2.45, 2.75) is 32.6 Å². The van der Waals surface area contributed by atoms with Crippen molar-refractivity contribution in [3.63, 3.8) is 0 Å². The number of hydrogen-bond acceptors (Lipinski definition) is 0. The predicted molar refractivity (Wildman–Crippen MR) is 41.8 cm³/mol. The number of rotatable bonds is 4. The monoisotopic (exact) mass is 123 g/mol. The zero-order valence-electron chi connectivity index (χ0n) is 6.19. The first kappa shape index (κ1) is 8.56. The van der Waals surface area contributed by atoms with Crippen LogP contribution in [0.1, 0.15) is 32.6 Å². The van der Waals surface area contributed by atoms with E-state index in [0.29, 0.717) is 5.92 Å². The summed E-state index contributed by atoms with van der Waals surface area (Å²) in [5.41, 5.74) is 0. The first-order chi connectivity index (χ1) is 4.31. The minimum absolute atomic E-state index is 0.610. The molecule has 0 aromatic rings. The molecule has 0 nitrogen and oxygen atoms in total. The van der Waals surface area contributed by atoms with Crippen molar-refractivity contribution in [2.24, 2.45) is 5.92 Å². The van der Waals surface area contributed by atoms with Gasteiger partial charge in [-0.15, -0.1) is 12.3 Å². The third-order valence-electron chi connectivity index (χ3n) is 1.51. The second kappa shape index (κ2) is 5.69. The SMILES string of the molecule is C#CCCCC([CH2])CC. The van der Waals surface area contributed by atoms with Gasteiger partial charge in [-0.2, -0.15) is 0 Å². The Morgan fingerprint density at radius 3 is 2.78 bits per heavy atom. The van der Waals surface area contributed by atoms with Crippen LogP contribution in [0.15, 0.2) is 0 Å². The van der Waals surface area contributed by atoms with Gasteiger partial charge in [0.15, 0.2) is 0 Å². The van der Waals surface area contributed by atoms with Gasteiger partial charge in [0.1, 0.15) is 0 Å². The van der Waals surface area contributed by atoms with Gasteiger partial charge in [0, 0.05) is 6.42 Å². The van der Waals surface area contributed by atoms with E-state index in [0.717, 1.165) is 12.8 Å². The van der Waals surface area contributed by atoms with Gasteiger partial charge < -0.3 is 0 Å². The molecule has 0 heteroatoms. The van der Waals surface area contributed by atoms with Gasteiger partial charge in [-0.25, -0.2) is 0 Å². The third kappa shape index (κ3) is 5.43. The second-order valence-electron chi connectivity index (χ2n) is 2.37. The summed E-state index contributed by atoms with van der Waals surface area (Å²) in [5, 5.41) is 0. The van der Waals surface area contributed by atoms with E-state index in [2.05, 4.69) is 19.8 Å². The molecule has 9 heavy (non-hydrogen) atoms. The van der Waals surface area contributed by atoms with Gasteiger partial charge in [-0.05, 0) is 18.8 Å². The lowest BCUT2D eigenvalue weighted by molar-refractivity contribution is 0.548. The minimum Gasteiger partial charge on any atom is -0.120 e. The normalized spacial score (nSPS) is 12.6. The summed E-state index contributed by atoms with van der Waals surface area (Å²) in [6.45, 7) is 6.12. The highest BCUT2D eigenvalue weighted by Crippen LogP contribution is 2.09. The minimum atomic E-state index is 0.610. The first-order valence-electron chi connectivity index (χ1n) is 3.57. The van der Waals surface area contributed by atoms with Gasteiger partial charge in [-0.1, -0.05) is 20.3 Å². The quantitative estimate of drug-likeness (QED) is 0.398. The van der Waals surface area contributed by atoms with Crippen molar-refractivity contribution in [3.8, 4) is 12.3 Å². The zero-order valence-corrected chi connectivity index (χ0v) is 6.19. The van der Waals surface area contributed by atoms with Crippen molar-refractivity contribution >= 4 is 0 Å². The molecule has 0 aromatic heterocycles. The van der Waals surface area contributed by atoms with Crippen molar-refractivity contribution in [1.82, 2.24) is 0 Å². The van der Waals surface area contributed by atoms with E-state index in [1.165, 1.54) is 12.8 Å². The maximum Gasteiger partial charge on any atom is 0.00861 e. The van der Waals surface area contributed by atoms with Crippen molar-refractivity contribution in [2.75, 3.05) is 0 Å². The Balaban J connectivity index is 2.99. The first-order valence-corrected chi connectivity index (χ1v) is 3.57. The summed E-state index contributed by atoms with van der Waals surface area (Å²) in [6, 6.07) is 0. The number of unbranched alkanes of at least 4 members (excludes halogenated alkanes) is 1. The molecule has 0 rings (SSSR count). The Labute approximate surface area is 58.7 Å². The Kier molecular flexibility index (Phi) is 5.41. The van der Waals surface area contributed by atoms with Crippen LogP contribution in [0.25, 0.3) is 0 Å². The van der Waals surface area contributed by atoms with Gasteiger partial charge in [-0.3, -0.25) is 0 Å². The van der Waals surface area contributed by atoms with E-state index in [9.17, 15) is 0 Å². The van der Waals surface area contributed by atoms with E-state index < -0.39 is 0 Å². The Morgan fingerprint density at radius 2 is 2.33 bits per heavy atom. The molecule has 1 radical (unpaired) electrons. The maximum absolute atomic E-state index is 5.09. The molecule has 0 N–H and O–H groups in total. The average Bonchev–Trinajstić information content (AvgIpc) is 1.89. The average molecular weight is 123 g/mol. The molecule has 1 unspecified atom stereocenters.